The number of piperidine rings is 1. The molecule has 0 saturated carbocycles. The molecule has 0 aliphatic carbocycles. The highest BCUT2D eigenvalue weighted by Gasteiger charge is 2.25. The van der Waals surface area contributed by atoms with Crippen LogP contribution in [0.1, 0.15) is 18.7 Å². The van der Waals surface area contributed by atoms with Crippen LogP contribution in [0.5, 0.6) is 5.75 Å². The summed E-state index contributed by atoms with van der Waals surface area (Å²) in [6.45, 7) is 2.37. The number of nitrogens with one attached hydrogen (secondary N) is 1. The van der Waals surface area contributed by atoms with Crippen molar-refractivity contribution < 1.29 is 14.1 Å². The fraction of sp³-hybridized carbons (Fsp3) is 0.471. The highest BCUT2D eigenvalue weighted by molar-refractivity contribution is 5.78. The molecule has 1 aromatic heterocycles. The number of carbonyl (C=O) groups is 1. The number of benzene rings is 1. The highest BCUT2D eigenvalue weighted by Crippen LogP contribution is 2.22. The first-order valence-electron chi connectivity index (χ1n) is 8.10. The topological polar surface area (TPSA) is 80.5 Å². The SMILES string of the molecule is CNC(=O)C1CCN(Cc2noc(-c3ccc(OC)cc3)n2)CC1. The molecule has 2 heterocycles. The Morgan fingerprint density at radius 1 is 1.33 bits per heavy atom. The lowest BCUT2D eigenvalue weighted by Crippen LogP contribution is -2.39. The van der Waals surface area contributed by atoms with E-state index in [1.165, 1.54) is 0 Å². The van der Waals surface area contributed by atoms with E-state index in [9.17, 15) is 4.79 Å². The second kappa shape index (κ2) is 7.44. The van der Waals surface area contributed by atoms with Crippen LogP contribution in [-0.2, 0) is 11.3 Å². The molecular formula is C17H22N4O3. The summed E-state index contributed by atoms with van der Waals surface area (Å²) in [5, 5.41) is 6.78. The zero-order valence-corrected chi connectivity index (χ0v) is 14.0. The molecule has 3 rings (SSSR count). The summed E-state index contributed by atoms with van der Waals surface area (Å²) in [6.07, 6.45) is 1.73. The van der Waals surface area contributed by atoms with Crippen LogP contribution in [0.3, 0.4) is 0 Å². The molecule has 1 fully saturated rings. The molecule has 1 aliphatic heterocycles. The lowest BCUT2D eigenvalue weighted by atomic mass is 9.96. The Kier molecular flexibility index (Phi) is 5.10. The van der Waals surface area contributed by atoms with Gasteiger partial charge in [0.15, 0.2) is 5.82 Å². The standard InChI is InChI=1S/C17H22N4O3/c1-18-16(22)12-7-9-21(10-8-12)11-15-19-17(24-20-15)13-3-5-14(23-2)6-4-13/h3-6,12H,7-11H2,1-2H3,(H,18,22). The summed E-state index contributed by atoms with van der Waals surface area (Å²) in [4.78, 5) is 18.4. The molecule has 1 aromatic carbocycles. The van der Waals surface area contributed by atoms with E-state index < -0.39 is 0 Å². The highest BCUT2D eigenvalue weighted by atomic mass is 16.5. The first-order chi connectivity index (χ1) is 11.7. The number of ether oxygens (including phenoxy) is 1. The molecule has 1 aliphatic rings. The molecule has 0 bridgehead atoms. The number of methoxy groups -OCH3 is 1. The third kappa shape index (κ3) is 3.73. The average Bonchev–Trinajstić information content (AvgIpc) is 3.10. The van der Waals surface area contributed by atoms with Crippen LogP contribution in [-0.4, -0.2) is 48.2 Å². The number of nitrogens with zero attached hydrogens (tertiary/aromatic N) is 3. The summed E-state index contributed by atoms with van der Waals surface area (Å²) in [5.74, 6) is 2.21. The second-order valence-corrected chi connectivity index (χ2v) is 5.91. The minimum absolute atomic E-state index is 0.117. The molecule has 1 saturated heterocycles. The van der Waals surface area contributed by atoms with Gasteiger partial charge in [-0.1, -0.05) is 5.16 Å². The molecule has 1 N–H and O–H groups in total. The lowest BCUT2D eigenvalue weighted by Gasteiger charge is -2.29. The predicted octanol–water partition coefficient (Wildman–Crippen LogP) is 1.70. The van der Waals surface area contributed by atoms with Gasteiger partial charge in [0, 0.05) is 18.5 Å². The quantitative estimate of drug-likeness (QED) is 0.899. The van der Waals surface area contributed by atoms with Crippen molar-refractivity contribution in [1.29, 1.82) is 0 Å². The summed E-state index contributed by atoms with van der Waals surface area (Å²) in [6, 6.07) is 7.52. The Labute approximate surface area is 141 Å². The van der Waals surface area contributed by atoms with Crippen LogP contribution < -0.4 is 10.1 Å². The number of carbonyl (C=O) groups excluding carboxylic acids is 1. The van der Waals surface area contributed by atoms with Crippen LogP contribution in [0.4, 0.5) is 0 Å². The van der Waals surface area contributed by atoms with E-state index in [1.807, 2.05) is 24.3 Å². The van der Waals surface area contributed by atoms with Gasteiger partial charge in [-0.15, -0.1) is 0 Å². The minimum Gasteiger partial charge on any atom is -0.497 e. The molecule has 24 heavy (non-hydrogen) atoms. The van der Waals surface area contributed by atoms with Gasteiger partial charge in [0.25, 0.3) is 5.89 Å². The van der Waals surface area contributed by atoms with Gasteiger partial charge in [0.05, 0.1) is 13.7 Å². The monoisotopic (exact) mass is 330 g/mol. The number of likely N-dealkylation sites (tertiary alicyclic amines) is 1. The number of hydrogen-bond acceptors (Lipinski definition) is 6. The number of rotatable bonds is 5. The van der Waals surface area contributed by atoms with Gasteiger partial charge in [0.2, 0.25) is 5.91 Å². The van der Waals surface area contributed by atoms with Crippen molar-refractivity contribution in [3.63, 3.8) is 0 Å². The fourth-order valence-electron chi connectivity index (χ4n) is 2.93. The van der Waals surface area contributed by atoms with Crippen molar-refractivity contribution in [2.45, 2.75) is 19.4 Å². The average molecular weight is 330 g/mol. The van der Waals surface area contributed by atoms with Crippen molar-refractivity contribution in [3.8, 4) is 17.2 Å². The molecule has 2 aromatic rings. The number of aromatic nitrogens is 2. The van der Waals surface area contributed by atoms with E-state index in [4.69, 9.17) is 9.26 Å². The number of amides is 1. The normalized spacial score (nSPS) is 16.1. The molecule has 1 amide bonds. The predicted molar refractivity (Wildman–Crippen MR) is 88.4 cm³/mol. The Balaban J connectivity index is 1.57. The first kappa shape index (κ1) is 16.4. The summed E-state index contributed by atoms with van der Waals surface area (Å²) in [7, 11) is 3.32. The molecule has 0 spiro atoms. The van der Waals surface area contributed by atoms with Gasteiger partial charge in [-0.25, -0.2) is 0 Å². The van der Waals surface area contributed by atoms with E-state index in [0.29, 0.717) is 18.3 Å². The van der Waals surface area contributed by atoms with Crippen molar-refractivity contribution in [2.24, 2.45) is 5.92 Å². The Morgan fingerprint density at radius 2 is 2.04 bits per heavy atom. The Morgan fingerprint density at radius 3 is 2.67 bits per heavy atom. The summed E-state index contributed by atoms with van der Waals surface area (Å²) < 4.78 is 10.5. The Bertz CT molecular complexity index is 675. The van der Waals surface area contributed by atoms with E-state index in [0.717, 1.165) is 37.2 Å². The Hall–Kier alpha value is -2.41. The van der Waals surface area contributed by atoms with Crippen molar-refractivity contribution in [1.82, 2.24) is 20.4 Å². The largest absolute Gasteiger partial charge is 0.497 e. The van der Waals surface area contributed by atoms with Crippen LogP contribution in [0.15, 0.2) is 28.8 Å². The maximum atomic E-state index is 11.7. The molecule has 0 radical (unpaired) electrons. The third-order valence-corrected chi connectivity index (χ3v) is 4.37. The van der Waals surface area contributed by atoms with Gasteiger partial charge < -0.3 is 14.6 Å². The maximum Gasteiger partial charge on any atom is 0.257 e. The van der Waals surface area contributed by atoms with Gasteiger partial charge in [-0.2, -0.15) is 4.98 Å². The van der Waals surface area contributed by atoms with Gasteiger partial charge >= 0.3 is 0 Å². The van der Waals surface area contributed by atoms with E-state index in [2.05, 4.69) is 20.4 Å². The molecule has 0 atom stereocenters. The molecule has 128 valence electrons. The third-order valence-electron chi connectivity index (χ3n) is 4.37. The lowest BCUT2D eigenvalue weighted by molar-refractivity contribution is -0.125. The van der Waals surface area contributed by atoms with Gasteiger partial charge in [-0.05, 0) is 50.2 Å². The van der Waals surface area contributed by atoms with E-state index in [-0.39, 0.29) is 11.8 Å². The van der Waals surface area contributed by atoms with Gasteiger partial charge in [-0.3, -0.25) is 9.69 Å². The molecule has 0 unspecified atom stereocenters. The molecule has 7 nitrogen and oxygen atoms in total. The van der Waals surface area contributed by atoms with Crippen molar-refractivity contribution >= 4 is 5.91 Å². The minimum atomic E-state index is 0.117. The van der Waals surface area contributed by atoms with Crippen molar-refractivity contribution in [2.75, 3.05) is 27.2 Å². The second-order valence-electron chi connectivity index (χ2n) is 5.91. The van der Waals surface area contributed by atoms with E-state index >= 15 is 0 Å². The van der Waals surface area contributed by atoms with Crippen LogP contribution in [0.2, 0.25) is 0 Å². The number of hydrogen-bond donors (Lipinski definition) is 1. The van der Waals surface area contributed by atoms with Crippen LogP contribution >= 0.6 is 0 Å². The summed E-state index contributed by atoms with van der Waals surface area (Å²) in [5.41, 5.74) is 0.868. The smallest absolute Gasteiger partial charge is 0.257 e. The molecular weight excluding hydrogens is 308 g/mol. The molecule has 7 heteroatoms. The van der Waals surface area contributed by atoms with E-state index in [1.54, 1.807) is 14.2 Å². The van der Waals surface area contributed by atoms with Crippen molar-refractivity contribution in [3.05, 3.63) is 30.1 Å². The maximum absolute atomic E-state index is 11.7. The zero-order chi connectivity index (χ0) is 16.9. The summed E-state index contributed by atoms with van der Waals surface area (Å²) >= 11 is 0. The van der Waals surface area contributed by atoms with Gasteiger partial charge in [0.1, 0.15) is 5.75 Å². The first-order valence-corrected chi connectivity index (χ1v) is 8.10. The van der Waals surface area contributed by atoms with Crippen LogP contribution in [0.25, 0.3) is 11.5 Å². The zero-order valence-electron chi connectivity index (χ0n) is 14.0. The fourth-order valence-corrected chi connectivity index (χ4v) is 2.93. The van der Waals surface area contributed by atoms with Crippen LogP contribution in [0, 0.1) is 5.92 Å².